The van der Waals surface area contributed by atoms with E-state index >= 15 is 14.4 Å². The fraction of sp³-hybridized carbons (Fsp3) is 0.726. The quantitative estimate of drug-likeness (QED) is 0.0164. The first-order valence-electron chi connectivity index (χ1n) is 45.3. The van der Waals surface area contributed by atoms with Gasteiger partial charge in [-0.15, -0.1) is 0 Å². The van der Waals surface area contributed by atoms with E-state index in [4.69, 9.17) is 51.6 Å². The van der Waals surface area contributed by atoms with Gasteiger partial charge in [-0.3, -0.25) is 96.5 Å². The molecule has 47 heteroatoms. The molecule has 3 aliphatic carbocycles. The van der Waals surface area contributed by atoms with Crippen molar-refractivity contribution in [1.29, 1.82) is 0 Å². The number of hydrogen-bond donors (Lipinski definition) is 26. The number of carbonyl (C=O) groups excluding carboxylic acids is 17. The smallest absolute Gasteiger partial charge is 0.246 e. The molecule has 14 atom stereocenters. The number of amides is 17. The molecule has 47 nitrogen and oxygen atoms in total. The van der Waals surface area contributed by atoms with E-state index < -0.39 is 222 Å². The van der Waals surface area contributed by atoms with Crippen LogP contribution in [0.3, 0.4) is 0 Å². The largest absolute Gasteiger partial charge is 0.394 e. The maximum absolute atomic E-state index is 15.3. The van der Waals surface area contributed by atoms with Gasteiger partial charge in [0, 0.05) is 51.3 Å². The third kappa shape index (κ3) is 41.3. The number of hydrogen-bond acceptors (Lipinski definition) is 23. The lowest BCUT2D eigenvalue weighted by molar-refractivity contribution is -0.139. The molecule has 3 aliphatic rings. The van der Waals surface area contributed by atoms with Crippen molar-refractivity contribution in [2.24, 2.45) is 90.3 Å². The van der Waals surface area contributed by atoms with Crippen LogP contribution in [0.2, 0.25) is 0 Å². The molecular weight excluding hydrogens is 1710 g/mol. The van der Waals surface area contributed by atoms with E-state index in [0.717, 1.165) is 84.5 Å². The molecule has 4 rings (SSSR count). The molecule has 3 saturated carbocycles. The number of aromatic amines is 1. The molecule has 17 amide bonds. The molecule has 0 aromatic carbocycles. The molecule has 0 spiro atoms. The third-order valence-corrected chi connectivity index (χ3v) is 23.4. The Morgan fingerprint density at radius 1 is 0.435 bits per heavy atom. The summed E-state index contributed by atoms with van der Waals surface area (Å²) in [6.45, 7) is 10.1. The monoisotopic (exact) mass is 1850 g/mol. The summed E-state index contributed by atoms with van der Waals surface area (Å²) in [5, 5.41) is 57.5. The zero-order valence-corrected chi connectivity index (χ0v) is 76.8. The van der Waals surface area contributed by atoms with Gasteiger partial charge in [0.15, 0.2) is 17.9 Å². The van der Waals surface area contributed by atoms with Crippen molar-refractivity contribution in [3.05, 3.63) is 18.2 Å². The van der Waals surface area contributed by atoms with E-state index in [-0.39, 0.29) is 132 Å². The van der Waals surface area contributed by atoms with Gasteiger partial charge in [-0.1, -0.05) is 117 Å². The van der Waals surface area contributed by atoms with Gasteiger partial charge in [0.25, 0.3) is 0 Å². The van der Waals surface area contributed by atoms with E-state index in [1.54, 1.807) is 20.8 Å². The number of nitrogens with zero attached hydrogens (tertiary/aromatic N) is 4. The summed E-state index contributed by atoms with van der Waals surface area (Å²) in [6.07, 6.45) is 10.7. The first-order chi connectivity index (χ1) is 61.7. The van der Waals surface area contributed by atoms with E-state index in [0.29, 0.717) is 31.4 Å². The normalized spacial score (nSPS) is 17.2. The number of H-pyrrole nitrogens is 1. The van der Waals surface area contributed by atoms with Gasteiger partial charge in [0.1, 0.15) is 83.6 Å². The molecule has 0 aliphatic heterocycles. The number of nitrogens with one attached hydrogen (secondary N) is 15. The Labute approximate surface area is 763 Å². The molecule has 0 unspecified atom stereocenters. The Morgan fingerprint density at radius 2 is 0.809 bits per heavy atom. The first-order valence-corrected chi connectivity index (χ1v) is 45.3. The first kappa shape index (κ1) is 111. The lowest BCUT2D eigenvalue weighted by Crippen LogP contribution is -2.65. The summed E-state index contributed by atoms with van der Waals surface area (Å²) in [7, 11) is 0. The standard InChI is InChI=1S/C84H146N28O19/c1-9-84(8,112-76(128)62(43-113)99-47(5)115)79(131)109-54(30-21-35-97-82(92)93)69(121)107-60(40-51-42-94-44-98-51)73(125)106-58(38-49-24-15-11-16-25-49)71(123)105-59(39-50-26-17-12-18-27-50)72(124)108-61(41-64(86)117)74(126)104-57(36-45(2)3)75(127)111-83(6,7)78(130)110-65(46(4)114)77(129)102-53(29-20-34-96-81(90)91)67(119)101-55(31-32-63(85)116)70(122)100-52(28-19-33-95-80(88)89)68(120)103-56(66(87)118)37-48-22-13-10-14-23-48/h42,44-46,48-50,52-62,65,113-114H,9-41,43H2,1-8H3,(H2,85,116)(H2,86,117)(H2,87,118)(H,94,98)(H,99,115)(H,100,122)(H,101,119)(H,102,129)(H,103,120)(H,104,126)(H,105,123)(H,106,125)(H,107,121)(H,108,124)(H,109,131)(H,110,130)(H,111,127)(H,112,128)(H4,88,89,95)(H4,90,91,96)(H4,92,93,97)/t46-,52+,53+,54+,55+,56+,57+,58+,59+,60+,61+,62+,65+,84+/m1/s1. The summed E-state index contributed by atoms with van der Waals surface area (Å²) in [5.74, 6) is -17.6. The summed E-state index contributed by atoms with van der Waals surface area (Å²) < 4.78 is 0. The van der Waals surface area contributed by atoms with E-state index in [1.165, 1.54) is 33.3 Å². The maximum Gasteiger partial charge on any atom is 0.246 e. The molecular formula is C84H146N28O19. The molecule has 1 heterocycles. The highest BCUT2D eigenvalue weighted by Gasteiger charge is 2.43. The van der Waals surface area contributed by atoms with Crippen LogP contribution in [0, 0.1) is 23.7 Å². The Bertz CT molecular complexity index is 4060. The van der Waals surface area contributed by atoms with E-state index in [9.17, 15) is 77.3 Å². The van der Waals surface area contributed by atoms with Crippen LogP contribution < -0.4 is 126 Å². The Balaban J connectivity index is 1.64. The third-order valence-electron chi connectivity index (χ3n) is 23.4. The number of primary amides is 3. The van der Waals surface area contributed by atoms with Crippen LogP contribution in [0.25, 0.3) is 0 Å². The molecule has 35 N–H and O–H groups in total. The predicted octanol–water partition coefficient (Wildman–Crippen LogP) is -5.91. The second-order valence-corrected chi connectivity index (χ2v) is 35.5. The Kier molecular flexibility index (Phi) is 48.0. The van der Waals surface area contributed by atoms with Crippen molar-refractivity contribution < 1.29 is 91.7 Å². The molecule has 0 saturated heterocycles. The average molecular weight is 1850 g/mol. The van der Waals surface area contributed by atoms with Gasteiger partial charge in [0.05, 0.1) is 25.5 Å². The number of carbonyl (C=O) groups is 17. The minimum atomic E-state index is -2.05. The molecule has 0 bridgehead atoms. The number of aliphatic imine (C=N–C) groups is 3. The van der Waals surface area contributed by atoms with E-state index in [2.05, 4.69) is 99.4 Å². The van der Waals surface area contributed by atoms with Crippen LogP contribution in [-0.2, 0) is 87.9 Å². The fourth-order valence-electron chi connectivity index (χ4n) is 15.8. The molecule has 1 aromatic heterocycles. The van der Waals surface area contributed by atoms with E-state index in [1.807, 2.05) is 0 Å². The number of aromatic nitrogens is 2. The minimum absolute atomic E-state index is 0.00254. The predicted molar refractivity (Wildman–Crippen MR) is 483 cm³/mol. The molecule has 736 valence electrons. The minimum Gasteiger partial charge on any atom is -0.394 e. The van der Waals surface area contributed by atoms with Crippen LogP contribution in [0.4, 0.5) is 0 Å². The fourth-order valence-corrected chi connectivity index (χ4v) is 15.8. The van der Waals surface area contributed by atoms with Crippen molar-refractivity contribution in [2.75, 3.05) is 26.2 Å². The summed E-state index contributed by atoms with van der Waals surface area (Å²) >= 11 is 0. The Hall–Kier alpha value is -12.1. The van der Waals surface area contributed by atoms with Crippen molar-refractivity contribution in [1.82, 2.24) is 84.4 Å². The summed E-state index contributed by atoms with van der Waals surface area (Å²) in [6, 6.07) is -18.4. The highest BCUT2D eigenvalue weighted by atomic mass is 16.3. The zero-order valence-electron chi connectivity index (χ0n) is 76.8. The number of nitrogens with two attached hydrogens (primary N) is 9. The van der Waals surface area contributed by atoms with Gasteiger partial charge in [0.2, 0.25) is 100 Å². The number of guanidine groups is 3. The van der Waals surface area contributed by atoms with Crippen LogP contribution in [0.5, 0.6) is 0 Å². The van der Waals surface area contributed by atoms with Gasteiger partial charge >= 0.3 is 0 Å². The van der Waals surface area contributed by atoms with Crippen LogP contribution in [0.1, 0.15) is 247 Å². The molecule has 1 aromatic rings. The Morgan fingerprint density at radius 3 is 1.20 bits per heavy atom. The van der Waals surface area contributed by atoms with Crippen molar-refractivity contribution in [2.45, 2.75) is 338 Å². The van der Waals surface area contributed by atoms with Gasteiger partial charge < -0.3 is 141 Å². The van der Waals surface area contributed by atoms with Gasteiger partial charge in [-0.05, 0) is 128 Å². The van der Waals surface area contributed by atoms with Crippen LogP contribution in [-0.4, -0.2) is 254 Å². The maximum atomic E-state index is 15.3. The topological polar surface area (TPSA) is 799 Å². The van der Waals surface area contributed by atoms with Gasteiger partial charge in [-0.25, -0.2) is 4.98 Å². The molecule has 131 heavy (non-hydrogen) atoms. The second kappa shape index (κ2) is 56.5. The summed E-state index contributed by atoms with van der Waals surface area (Å²) in [5.41, 5.74) is 47.0. The van der Waals surface area contributed by atoms with Crippen molar-refractivity contribution in [3.8, 4) is 0 Å². The average Bonchev–Trinajstić information content (AvgIpc) is 1.46. The van der Waals surface area contributed by atoms with Gasteiger partial charge in [-0.2, -0.15) is 0 Å². The number of aliphatic hydroxyl groups excluding tert-OH is 2. The van der Waals surface area contributed by atoms with Crippen LogP contribution in [0.15, 0.2) is 27.5 Å². The number of aliphatic hydroxyl groups is 2. The number of rotatable bonds is 58. The molecule has 3 fully saturated rings. The summed E-state index contributed by atoms with van der Waals surface area (Å²) in [4.78, 5) is 258. The highest BCUT2D eigenvalue weighted by Crippen LogP contribution is 2.31. The lowest BCUT2D eigenvalue weighted by Gasteiger charge is -2.33. The highest BCUT2D eigenvalue weighted by molar-refractivity contribution is 6.02. The second-order valence-electron chi connectivity index (χ2n) is 35.5. The molecule has 0 radical (unpaired) electrons. The van der Waals surface area contributed by atoms with Crippen molar-refractivity contribution >= 4 is 118 Å². The zero-order chi connectivity index (χ0) is 97.8. The number of imidazole rings is 1. The lowest BCUT2D eigenvalue weighted by atomic mass is 9.83. The van der Waals surface area contributed by atoms with Crippen molar-refractivity contribution in [3.63, 3.8) is 0 Å². The van der Waals surface area contributed by atoms with Crippen LogP contribution >= 0.6 is 0 Å². The SMILES string of the molecule is CC[C@](C)(NC(=O)[C@H](CO)NC(C)=O)C(=O)N[C@@H](CCCN=C(N)N)C(=O)N[C@@H](Cc1cnc[nH]1)C(=O)N[C@@H](CC1CCCCC1)C(=O)N[C@@H](CC1CCCCC1)C(=O)N[C@@H](CC(N)=O)C(=O)N[C@@H](CC(C)C)C(=O)NC(C)(C)C(=O)N[C@H](C(=O)N[C@@H](CCCN=C(N)N)C(=O)N[C@@H](CCC(N)=O)C(=O)N[C@@H](CCCN=C(N)N)C(=O)N[C@@H](CC1CCCCC1)C(N)=O)[C@@H](C)O.